The molecule has 1 aliphatic carbocycles. The number of nitrogens with two attached hydrogens (primary N) is 1. The van der Waals surface area contributed by atoms with Gasteiger partial charge in [0.25, 0.3) is 0 Å². The number of likely N-dealkylation sites (tertiary alicyclic amines) is 1. The molecule has 136 valence electrons. The lowest BCUT2D eigenvalue weighted by molar-refractivity contribution is 0.259. The Labute approximate surface area is 154 Å². The van der Waals surface area contributed by atoms with Crippen molar-refractivity contribution in [1.29, 1.82) is 0 Å². The molecule has 2 heterocycles. The first-order chi connectivity index (χ1) is 11.7. The molecule has 1 aromatic carbocycles. The summed E-state index contributed by atoms with van der Waals surface area (Å²) in [5.41, 5.74) is 8.61. The number of fused-ring (bicyclic) bond motifs is 1. The van der Waals surface area contributed by atoms with Crippen molar-refractivity contribution in [3.05, 3.63) is 53.6 Å². The van der Waals surface area contributed by atoms with E-state index in [1.165, 1.54) is 43.5 Å². The molecule has 4 nitrogen and oxygen atoms in total. The van der Waals surface area contributed by atoms with E-state index in [2.05, 4.69) is 16.2 Å². The highest BCUT2D eigenvalue weighted by atomic mass is 35.5. The normalized spacial score (nSPS) is 26.2. The number of benzene rings is 1. The molecule has 1 saturated carbocycles. The monoisotopic (exact) mass is 364 g/mol. The fourth-order valence-electron chi connectivity index (χ4n) is 4.35. The van der Waals surface area contributed by atoms with E-state index in [4.69, 9.17) is 5.73 Å². The van der Waals surface area contributed by atoms with Crippen LogP contribution in [0.15, 0.2) is 36.7 Å². The highest BCUT2D eigenvalue weighted by Crippen LogP contribution is 2.35. The molecule has 2 aromatic rings. The van der Waals surface area contributed by atoms with Crippen LogP contribution in [0.3, 0.4) is 0 Å². The fraction of sp³-hybridized carbons (Fsp3) is 0.526. The van der Waals surface area contributed by atoms with Crippen LogP contribution in [0.2, 0.25) is 0 Å². The van der Waals surface area contributed by atoms with Crippen molar-refractivity contribution in [2.75, 3.05) is 13.1 Å². The van der Waals surface area contributed by atoms with Gasteiger partial charge in [0.15, 0.2) is 0 Å². The summed E-state index contributed by atoms with van der Waals surface area (Å²) in [6.07, 6.45) is 7.85. The molecule has 3 atom stereocenters. The molecule has 1 aliphatic heterocycles. The van der Waals surface area contributed by atoms with E-state index >= 15 is 0 Å². The van der Waals surface area contributed by atoms with Gasteiger partial charge in [0.05, 0.1) is 12.7 Å². The Bertz CT molecular complexity index is 687. The zero-order chi connectivity index (χ0) is 16.5. The van der Waals surface area contributed by atoms with E-state index in [1.54, 1.807) is 0 Å². The summed E-state index contributed by atoms with van der Waals surface area (Å²) in [5.74, 6) is 1.25. The zero-order valence-electron chi connectivity index (χ0n) is 14.4. The molecule has 2 N–H and O–H groups in total. The van der Waals surface area contributed by atoms with Crippen molar-refractivity contribution >= 4 is 12.4 Å². The molecule has 3 unspecified atom stereocenters. The Kier molecular flexibility index (Phi) is 5.77. The van der Waals surface area contributed by atoms with Gasteiger partial charge in [0.2, 0.25) is 0 Å². The maximum Gasteiger partial charge on any atom is 0.123 e. The van der Waals surface area contributed by atoms with E-state index in [9.17, 15) is 4.39 Å². The first-order valence-corrected chi connectivity index (χ1v) is 8.91. The minimum atomic E-state index is -0.200. The van der Waals surface area contributed by atoms with Crippen molar-refractivity contribution in [2.24, 2.45) is 17.6 Å². The van der Waals surface area contributed by atoms with Gasteiger partial charge in [-0.3, -0.25) is 9.58 Å². The lowest BCUT2D eigenvalue weighted by Gasteiger charge is -2.29. The number of halogens is 2. The van der Waals surface area contributed by atoms with Gasteiger partial charge in [-0.2, -0.15) is 5.10 Å². The Morgan fingerprint density at radius 3 is 2.64 bits per heavy atom. The average Bonchev–Trinajstić information content (AvgIpc) is 3.17. The molecule has 2 fully saturated rings. The van der Waals surface area contributed by atoms with Crippen molar-refractivity contribution < 1.29 is 4.39 Å². The van der Waals surface area contributed by atoms with Crippen molar-refractivity contribution in [1.82, 2.24) is 14.7 Å². The predicted molar refractivity (Wildman–Crippen MR) is 99.1 cm³/mol. The number of aromatic nitrogens is 2. The number of nitrogens with zero attached hydrogens (tertiary/aromatic N) is 3. The number of rotatable bonds is 4. The molecular weight excluding hydrogens is 339 g/mol. The third kappa shape index (κ3) is 4.22. The highest BCUT2D eigenvalue weighted by Gasteiger charge is 2.38. The third-order valence-corrected chi connectivity index (χ3v) is 5.58. The molecule has 0 radical (unpaired) electrons. The van der Waals surface area contributed by atoms with Crippen molar-refractivity contribution in [3.63, 3.8) is 0 Å². The van der Waals surface area contributed by atoms with Crippen LogP contribution in [-0.2, 0) is 13.1 Å². The predicted octanol–water partition coefficient (Wildman–Crippen LogP) is 3.05. The second kappa shape index (κ2) is 7.85. The summed E-state index contributed by atoms with van der Waals surface area (Å²) in [6, 6.07) is 6.99. The van der Waals surface area contributed by atoms with Gasteiger partial charge in [0.1, 0.15) is 5.82 Å². The van der Waals surface area contributed by atoms with Gasteiger partial charge in [0, 0.05) is 37.4 Å². The summed E-state index contributed by atoms with van der Waals surface area (Å²) in [4.78, 5) is 2.53. The highest BCUT2D eigenvalue weighted by molar-refractivity contribution is 5.85. The molecule has 4 rings (SSSR count). The van der Waals surface area contributed by atoms with Gasteiger partial charge in [-0.1, -0.05) is 18.6 Å². The lowest BCUT2D eigenvalue weighted by Crippen LogP contribution is -2.38. The van der Waals surface area contributed by atoms with Crippen LogP contribution < -0.4 is 5.73 Å². The molecule has 2 aliphatic rings. The Morgan fingerprint density at radius 1 is 1.08 bits per heavy atom. The van der Waals surface area contributed by atoms with Crippen LogP contribution in [0.25, 0.3) is 0 Å². The van der Waals surface area contributed by atoms with Crippen LogP contribution in [0.4, 0.5) is 4.39 Å². The van der Waals surface area contributed by atoms with E-state index in [-0.39, 0.29) is 18.2 Å². The topological polar surface area (TPSA) is 47.1 Å². The first-order valence-electron chi connectivity index (χ1n) is 8.91. The summed E-state index contributed by atoms with van der Waals surface area (Å²) in [6.45, 7) is 3.91. The van der Waals surface area contributed by atoms with Crippen LogP contribution in [0.1, 0.15) is 30.4 Å². The quantitative estimate of drug-likeness (QED) is 0.907. The molecule has 1 aromatic heterocycles. The molecule has 25 heavy (non-hydrogen) atoms. The minimum absolute atomic E-state index is 0. The maximum atomic E-state index is 13.0. The number of hydrogen-bond donors (Lipinski definition) is 1. The Morgan fingerprint density at radius 2 is 1.88 bits per heavy atom. The zero-order valence-corrected chi connectivity index (χ0v) is 15.2. The molecule has 1 saturated heterocycles. The molecule has 6 heteroatoms. The van der Waals surface area contributed by atoms with Gasteiger partial charge < -0.3 is 5.73 Å². The minimum Gasteiger partial charge on any atom is -0.327 e. The standard InChI is InChI=1S/C19H25FN4.ClH/c20-17-6-4-14(5-7-17)10-24-11-15(8-22-24)9-23-12-16-2-1-3-19(21)18(16)13-23;/h4-8,11,16,18-19H,1-3,9-10,12-13,21H2;1H. The Balaban J connectivity index is 0.00000182. The van der Waals surface area contributed by atoms with E-state index < -0.39 is 0 Å². The largest absolute Gasteiger partial charge is 0.327 e. The smallest absolute Gasteiger partial charge is 0.123 e. The van der Waals surface area contributed by atoms with Crippen LogP contribution in [-0.4, -0.2) is 33.8 Å². The van der Waals surface area contributed by atoms with Crippen molar-refractivity contribution in [3.8, 4) is 0 Å². The molecule has 0 bridgehead atoms. The second-order valence-electron chi connectivity index (χ2n) is 7.39. The fourth-order valence-corrected chi connectivity index (χ4v) is 4.35. The third-order valence-electron chi connectivity index (χ3n) is 5.58. The molecule has 0 spiro atoms. The van der Waals surface area contributed by atoms with Crippen LogP contribution >= 0.6 is 12.4 Å². The summed E-state index contributed by atoms with van der Waals surface area (Å²) >= 11 is 0. The van der Waals surface area contributed by atoms with Gasteiger partial charge in [-0.15, -0.1) is 12.4 Å². The van der Waals surface area contributed by atoms with E-state index in [0.29, 0.717) is 18.5 Å². The first kappa shape index (κ1) is 18.4. The maximum absolute atomic E-state index is 13.0. The van der Waals surface area contributed by atoms with Crippen LogP contribution in [0, 0.1) is 17.7 Å². The van der Waals surface area contributed by atoms with Crippen molar-refractivity contribution in [2.45, 2.75) is 38.4 Å². The number of hydrogen-bond acceptors (Lipinski definition) is 3. The van der Waals surface area contributed by atoms with E-state index in [0.717, 1.165) is 24.6 Å². The molecule has 0 amide bonds. The second-order valence-corrected chi connectivity index (χ2v) is 7.39. The van der Waals surface area contributed by atoms with Gasteiger partial charge >= 0.3 is 0 Å². The van der Waals surface area contributed by atoms with Gasteiger partial charge in [-0.05, 0) is 42.4 Å². The summed E-state index contributed by atoms with van der Waals surface area (Å²) in [5, 5.41) is 4.45. The molecular formula is C19H26ClFN4. The van der Waals surface area contributed by atoms with Gasteiger partial charge in [-0.25, -0.2) is 4.39 Å². The lowest BCUT2D eigenvalue weighted by atomic mass is 9.78. The SMILES string of the molecule is Cl.NC1CCCC2CN(Cc3cnn(Cc4ccc(F)cc4)c3)CC12. The average molecular weight is 365 g/mol. The van der Waals surface area contributed by atoms with Crippen LogP contribution in [0.5, 0.6) is 0 Å². The summed E-state index contributed by atoms with van der Waals surface area (Å²) < 4.78 is 14.9. The summed E-state index contributed by atoms with van der Waals surface area (Å²) in [7, 11) is 0. The Hall–Kier alpha value is -1.43. The van der Waals surface area contributed by atoms with E-state index in [1.807, 2.05) is 23.0 Å².